The smallest absolute Gasteiger partial charge is 0.213 e. The zero-order chi connectivity index (χ0) is 11.8. The molecule has 1 aromatic carbocycles. The van der Waals surface area contributed by atoms with Gasteiger partial charge in [-0.05, 0) is 24.6 Å². The molecule has 3 rings (SSSR count). The molecule has 0 aliphatic heterocycles. The average molecular weight is 229 g/mol. The maximum atomic E-state index is 5.89. The Morgan fingerprint density at radius 1 is 1.41 bits per heavy atom. The number of imidazole rings is 1. The lowest BCUT2D eigenvalue weighted by atomic mass is 10.2. The fraction of sp³-hybridized carbons (Fsp3) is 0.182. The number of nitrogen functional groups attached to an aromatic ring is 1. The molecular weight excluding hydrogens is 218 g/mol. The lowest BCUT2D eigenvalue weighted by Crippen LogP contribution is -2.05. The van der Waals surface area contributed by atoms with Crippen LogP contribution < -0.4 is 5.73 Å². The first-order valence-electron chi connectivity index (χ1n) is 5.21. The number of hydrogen-bond acceptors (Lipinski definition) is 5. The molecule has 0 amide bonds. The highest BCUT2D eigenvalue weighted by Gasteiger charge is 2.10. The molecule has 6 nitrogen and oxygen atoms in total. The third kappa shape index (κ3) is 1.63. The Bertz CT molecular complexity index is 656. The molecule has 2 aromatic heterocycles. The SMILES string of the molecule is Cc1ccc2nc(N)n(Cc3ncon3)c2c1. The molecule has 17 heavy (non-hydrogen) atoms. The first-order chi connectivity index (χ1) is 8.24. The summed E-state index contributed by atoms with van der Waals surface area (Å²) in [6, 6.07) is 6.00. The van der Waals surface area contributed by atoms with Crippen molar-refractivity contribution >= 4 is 17.0 Å². The van der Waals surface area contributed by atoms with Gasteiger partial charge < -0.3 is 14.8 Å². The van der Waals surface area contributed by atoms with Crippen LogP contribution in [0.25, 0.3) is 11.0 Å². The number of hydrogen-bond donors (Lipinski definition) is 1. The summed E-state index contributed by atoms with van der Waals surface area (Å²) in [5, 5.41) is 3.77. The Morgan fingerprint density at radius 3 is 3.06 bits per heavy atom. The number of nitrogens with zero attached hydrogens (tertiary/aromatic N) is 4. The van der Waals surface area contributed by atoms with Gasteiger partial charge in [0, 0.05) is 0 Å². The van der Waals surface area contributed by atoms with Crippen LogP contribution >= 0.6 is 0 Å². The summed E-state index contributed by atoms with van der Waals surface area (Å²) in [5.74, 6) is 1.04. The highest BCUT2D eigenvalue weighted by molar-refractivity contribution is 5.79. The number of fused-ring (bicyclic) bond motifs is 1. The summed E-state index contributed by atoms with van der Waals surface area (Å²) in [4.78, 5) is 8.27. The van der Waals surface area contributed by atoms with Gasteiger partial charge in [0.1, 0.15) is 0 Å². The Balaban J connectivity index is 2.14. The molecule has 0 fully saturated rings. The average Bonchev–Trinajstić information content (AvgIpc) is 2.90. The summed E-state index contributed by atoms with van der Waals surface area (Å²) in [6.07, 6.45) is 1.30. The highest BCUT2D eigenvalue weighted by atomic mass is 16.5. The molecule has 0 saturated heterocycles. The van der Waals surface area contributed by atoms with E-state index in [4.69, 9.17) is 10.3 Å². The van der Waals surface area contributed by atoms with Gasteiger partial charge in [-0.1, -0.05) is 11.2 Å². The van der Waals surface area contributed by atoms with Crippen LogP contribution in [0.2, 0.25) is 0 Å². The van der Waals surface area contributed by atoms with Gasteiger partial charge in [0.2, 0.25) is 12.3 Å². The number of benzene rings is 1. The first kappa shape index (κ1) is 9.83. The zero-order valence-electron chi connectivity index (χ0n) is 9.29. The topological polar surface area (TPSA) is 82.8 Å². The van der Waals surface area contributed by atoms with Crippen molar-refractivity contribution in [1.29, 1.82) is 0 Å². The maximum absolute atomic E-state index is 5.89. The van der Waals surface area contributed by atoms with E-state index in [1.54, 1.807) is 0 Å². The van der Waals surface area contributed by atoms with Crippen LogP contribution in [0.15, 0.2) is 29.1 Å². The third-order valence-corrected chi connectivity index (χ3v) is 2.64. The van der Waals surface area contributed by atoms with Crippen molar-refractivity contribution in [2.45, 2.75) is 13.5 Å². The van der Waals surface area contributed by atoms with Gasteiger partial charge in [-0.15, -0.1) is 0 Å². The van der Waals surface area contributed by atoms with Crippen molar-refractivity contribution in [2.75, 3.05) is 5.73 Å². The van der Waals surface area contributed by atoms with Gasteiger partial charge in [-0.3, -0.25) is 0 Å². The fourth-order valence-corrected chi connectivity index (χ4v) is 1.82. The van der Waals surface area contributed by atoms with Gasteiger partial charge in [0.25, 0.3) is 0 Å². The van der Waals surface area contributed by atoms with E-state index in [9.17, 15) is 0 Å². The van der Waals surface area contributed by atoms with E-state index in [-0.39, 0.29) is 0 Å². The summed E-state index contributed by atoms with van der Waals surface area (Å²) in [6.45, 7) is 2.49. The van der Waals surface area contributed by atoms with Crippen molar-refractivity contribution in [3.8, 4) is 0 Å². The minimum Gasteiger partial charge on any atom is -0.369 e. The Labute approximate surface area is 97.1 Å². The van der Waals surface area contributed by atoms with Crippen molar-refractivity contribution in [2.24, 2.45) is 0 Å². The minimum atomic E-state index is 0.454. The molecule has 0 aliphatic rings. The van der Waals surface area contributed by atoms with Crippen molar-refractivity contribution in [3.63, 3.8) is 0 Å². The fourth-order valence-electron chi connectivity index (χ4n) is 1.82. The molecule has 0 spiro atoms. The standard InChI is InChI=1S/C11H11N5O/c1-7-2-3-8-9(4-7)16(11(12)14-8)5-10-13-6-17-15-10/h2-4,6H,5H2,1H3,(H2,12,14). The largest absolute Gasteiger partial charge is 0.369 e. The van der Waals surface area contributed by atoms with E-state index in [0.29, 0.717) is 18.3 Å². The molecule has 0 bridgehead atoms. The summed E-state index contributed by atoms with van der Waals surface area (Å²) >= 11 is 0. The monoisotopic (exact) mass is 229 g/mol. The molecule has 0 radical (unpaired) electrons. The molecule has 6 heteroatoms. The molecule has 2 N–H and O–H groups in total. The van der Waals surface area contributed by atoms with Crippen molar-refractivity contribution in [1.82, 2.24) is 19.7 Å². The van der Waals surface area contributed by atoms with Gasteiger partial charge in [-0.2, -0.15) is 4.98 Å². The Morgan fingerprint density at radius 2 is 2.29 bits per heavy atom. The van der Waals surface area contributed by atoms with E-state index < -0.39 is 0 Å². The van der Waals surface area contributed by atoms with Gasteiger partial charge >= 0.3 is 0 Å². The van der Waals surface area contributed by atoms with E-state index in [2.05, 4.69) is 15.1 Å². The van der Waals surface area contributed by atoms with Gasteiger partial charge in [-0.25, -0.2) is 4.98 Å². The number of aryl methyl sites for hydroxylation is 1. The van der Waals surface area contributed by atoms with E-state index in [1.807, 2.05) is 29.7 Å². The molecule has 0 aliphatic carbocycles. The summed E-state index contributed by atoms with van der Waals surface area (Å²) < 4.78 is 6.57. The zero-order valence-corrected chi connectivity index (χ0v) is 9.29. The predicted octanol–water partition coefficient (Wildman–Crippen LogP) is 1.36. The predicted molar refractivity (Wildman–Crippen MR) is 62.3 cm³/mol. The lowest BCUT2D eigenvalue weighted by molar-refractivity contribution is 0.408. The Hall–Kier alpha value is -2.37. The van der Waals surface area contributed by atoms with Crippen LogP contribution in [0, 0.1) is 6.92 Å². The second-order valence-electron chi connectivity index (χ2n) is 3.90. The van der Waals surface area contributed by atoms with Crippen LogP contribution in [0.5, 0.6) is 0 Å². The van der Waals surface area contributed by atoms with Crippen molar-refractivity contribution in [3.05, 3.63) is 36.0 Å². The lowest BCUT2D eigenvalue weighted by Gasteiger charge is -2.02. The number of anilines is 1. The number of aromatic nitrogens is 4. The number of rotatable bonds is 2. The van der Waals surface area contributed by atoms with Crippen LogP contribution in [0.3, 0.4) is 0 Å². The summed E-state index contributed by atoms with van der Waals surface area (Å²) in [7, 11) is 0. The van der Waals surface area contributed by atoms with Gasteiger partial charge in [0.05, 0.1) is 17.6 Å². The van der Waals surface area contributed by atoms with Crippen LogP contribution in [0.1, 0.15) is 11.4 Å². The second kappa shape index (κ2) is 3.58. The van der Waals surface area contributed by atoms with Gasteiger partial charge in [0.15, 0.2) is 5.82 Å². The molecule has 0 unspecified atom stereocenters. The molecular formula is C11H11N5O. The van der Waals surface area contributed by atoms with Crippen LogP contribution in [-0.2, 0) is 6.54 Å². The quantitative estimate of drug-likeness (QED) is 0.717. The summed E-state index contributed by atoms with van der Waals surface area (Å²) in [5.41, 5.74) is 8.90. The second-order valence-corrected chi connectivity index (χ2v) is 3.90. The van der Waals surface area contributed by atoms with Crippen molar-refractivity contribution < 1.29 is 4.52 Å². The molecule has 3 aromatic rings. The van der Waals surface area contributed by atoms with E-state index in [0.717, 1.165) is 16.6 Å². The van der Waals surface area contributed by atoms with Crippen LogP contribution in [-0.4, -0.2) is 19.7 Å². The normalized spacial score (nSPS) is 11.1. The molecule has 0 saturated carbocycles. The molecule has 86 valence electrons. The van der Waals surface area contributed by atoms with Crippen LogP contribution in [0.4, 0.5) is 5.95 Å². The number of nitrogens with two attached hydrogens (primary N) is 1. The highest BCUT2D eigenvalue weighted by Crippen LogP contribution is 2.19. The molecule has 2 heterocycles. The minimum absolute atomic E-state index is 0.454. The first-order valence-corrected chi connectivity index (χ1v) is 5.21. The van der Waals surface area contributed by atoms with E-state index in [1.165, 1.54) is 6.39 Å². The third-order valence-electron chi connectivity index (χ3n) is 2.64. The Kier molecular flexibility index (Phi) is 2.07. The molecule has 0 atom stereocenters. The maximum Gasteiger partial charge on any atom is 0.213 e. The van der Waals surface area contributed by atoms with E-state index >= 15 is 0 Å².